The molecule has 1 rings (SSSR count). The van der Waals surface area contributed by atoms with E-state index >= 15 is 0 Å². The van der Waals surface area contributed by atoms with E-state index in [1.807, 2.05) is 0 Å². The molecule has 0 amide bonds. The monoisotopic (exact) mass is 238 g/mol. The van der Waals surface area contributed by atoms with Gasteiger partial charge in [0.05, 0.1) is 0 Å². The average Bonchev–Trinajstić information content (AvgIpc) is 2.27. The Kier molecular flexibility index (Phi) is 4.13. The van der Waals surface area contributed by atoms with Gasteiger partial charge >= 0.3 is 0 Å². The zero-order chi connectivity index (χ0) is 12.3. The van der Waals surface area contributed by atoms with Crippen LogP contribution in [0.4, 0.5) is 0 Å². The van der Waals surface area contributed by atoms with E-state index in [1.54, 1.807) is 45.0 Å². The average molecular weight is 239 g/mol. The molecule has 0 bridgehead atoms. The van der Waals surface area contributed by atoms with E-state index in [4.69, 9.17) is 11.6 Å². The van der Waals surface area contributed by atoms with Gasteiger partial charge in [-0.3, -0.25) is 4.79 Å². The molecular weight excluding hydrogens is 224 g/mol. The zero-order valence-electron chi connectivity index (χ0n) is 9.62. The number of hydrogen-bond acceptors (Lipinski definition) is 2. The fourth-order valence-electron chi connectivity index (χ4n) is 1.37. The van der Waals surface area contributed by atoms with Gasteiger partial charge in [-0.2, -0.15) is 0 Å². The van der Waals surface area contributed by atoms with Gasteiger partial charge in [0, 0.05) is 22.1 Å². The van der Waals surface area contributed by atoms with Gasteiger partial charge in [-0.1, -0.05) is 25.4 Å². The number of allylic oxidation sites excluding steroid dienone is 1. The van der Waals surface area contributed by atoms with Crippen LogP contribution in [0, 0.1) is 5.92 Å². The Morgan fingerprint density at radius 2 is 1.75 bits per heavy atom. The predicted molar refractivity (Wildman–Crippen MR) is 66.5 cm³/mol. The highest BCUT2D eigenvalue weighted by Gasteiger charge is 2.14. The van der Waals surface area contributed by atoms with Gasteiger partial charge in [0.2, 0.25) is 0 Å². The molecule has 0 aromatic heterocycles. The van der Waals surface area contributed by atoms with E-state index < -0.39 is 0 Å². The van der Waals surface area contributed by atoms with Crippen molar-refractivity contribution in [1.29, 1.82) is 0 Å². The van der Waals surface area contributed by atoms with Crippen LogP contribution >= 0.6 is 11.6 Å². The quantitative estimate of drug-likeness (QED) is 0.642. The summed E-state index contributed by atoms with van der Waals surface area (Å²) in [7, 11) is 0. The van der Waals surface area contributed by atoms with Crippen LogP contribution in [-0.4, -0.2) is 10.9 Å². The minimum absolute atomic E-state index is 0.0235. The number of aliphatic hydroxyl groups excluding tert-OH is 1. The Labute approximate surface area is 101 Å². The molecule has 0 saturated heterocycles. The highest BCUT2D eigenvalue weighted by molar-refractivity contribution is 6.30. The standard InChI is InChI=1S/C13H15ClO2/c1-8(2)12(15)9(3)13(16)10-4-6-11(14)7-5-10/h4-8,16H,1-3H3. The molecule has 0 aliphatic heterocycles. The van der Waals surface area contributed by atoms with E-state index in [2.05, 4.69) is 0 Å². The Balaban J connectivity index is 3.08. The van der Waals surface area contributed by atoms with Crippen molar-refractivity contribution in [2.75, 3.05) is 0 Å². The molecule has 1 aromatic rings. The van der Waals surface area contributed by atoms with Crippen LogP contribution in [-0.2, 0) is 4.79 Å². The van der Waals surface area contributed by atoms with E-state index in [0.29, 0.717) is 16.2 Å². The van der Waals surface area contributed by atoms with Crippen molar-refractivity contribution in [3.8, 4) is 0 Å². The van der Waals surface area contributed by atoms with Crippen LogP contribution in [0.2, 0.25) is 5.02 Å². The molecule has 0 unspecified atom stereocenters. The maximum Gasteiger partial charge on any atom is 0.164 e. The minimum atomic E-state index is -0.116. The van der Waals surface area contributed by atoms with Gasteiger partial charge < -0.3 is 5.11 Å². The summed E-state index contributed by atoms with van der Waals surface area (Å²) in [5.41, 5.74) is 0.994. The third-order valence-corrected chi connectivity index (χ3v) is 2.62. The second-order valence-electron chi connectivity index (χ2n) is 4.00. The largest absolute Gasteiger partial charge is 0.507 e. The maximum absolute atomic E-state index is 11.7. The van der Waals surface area contributed by atoms with Crippen molar-refractivity contribution in [1.82, 2.24) is 0 Å². The number of ketones is 1. The molecule has 0 radical (unpaired) electrons. The molecule has 2 nitrogen and oxygen atoms in total. The van der Waals surface area contributed by atoms with Gasteiger partial charge in [-0.15, -0.1) is 0 Å². The summed E-state index contributed by atoms with van der Waals surface area (Å²) in [6.07, 6.45) is 0. The Morgan fingerprint density at radius 3 is 2.19 bits per heavy atom. The van der Waals surface area contributed by atoms with Crippen molar-refractivity contribution in [3.05, 3.63) is 40.4 Å². The van der Waals surface area contributed by atoms with Gasteiger partial charge in [0.25, 0.3) is 0 Å². The fourth-order valence-corrected chi connectivity index (χ4v) is 1.50. The summed E-state index contributed by atoms with van der Waals surface area (Å²) in [4.78, 5) is 11.7. The highest BCUT2D eigenvalue weighted by Crippen LogP contribution is 2.20. The van der Waals surface area contributed by atoms with Crippen molar-refractivity contribution in [2.45, 2.75) is 20.8 Å². The van der Waals surface area contributed by atoms with Gasteiger partial charge in [0.15, 0.2) is 5.78 Å². The first kappa shape index (κ1) is 12.8. The van der Waals surface area contributed by atoms with Crippen LogP contribution in [0.1, 0.15) is 26.3 Å². The smallest absolute Gasteiger partial charge is 0.164 e. The lowest BCUT2D eigenvalue weighted by molar-refractivity contribution is -0.118. The number of hydrogen-bond donors (Lipinski definition) is 1. The summed E-state index contributed by atoms with van der Waals surface area (Å²) in [6.45, 7) is 5.24. The number of Topliss-reactive ketones (excluding diaryl/α,β-unsaturated/α-hetero) is 1. The Hall–Kier alpha value is -1.28. The molecular formula is C13H15ClO2. The van der Waals surface area contributed by atoms with E-state index in [-0.39, 0.29) is 17.5 Å². The predicted octanol–water partition coefficient (Wildman–Crippen LogP) is 3.85. The number of carbonyl (C=O) groups is 1. The van der Waals surface area contributed by atoms with Crippen molar-refractivity contribution in [2.24, 2.45) is 5.92 Å². The van der Waals surface area contributed by atoms with E-state index in [0.717, 1.165) is 0 Å². The topological polar surface area (TPSA) is 37.3 Å². The van der Waals surface area contributed by atoms with E-state index in [9.17, 15) is 9.90 Å². The summed E-state index contributed by atoms with van der Waals surface area (Å²) in [6, 6.07) is 6.74. The fraction of sp³-hybridized carbons (Fsp3) is 0.308. The van der Waals surface area contributed by atoms with Gasteiger partial charge in [-0.05, 0) is 31.2 Å². The Morgan fingerprint density at radius 1 is 1.25 bits per heavy atom. The second-order valence-corrected chi connectivity index (χ2v) is 4.44. The van der Waals surface area contributed by atoms with Crippen molar-refractivity contribution < 1.29 is 9.90 Å². The molecule has 0 fully saturated rings. The summed E-state index contributed by atoms with van der Waals surface area (Å²) in [5, 5.41) is 10.5. The lowest BCUT2D eigenvalue weighted by Crippen LogP contribution is -2.10. The molecule has 0 saturated carbocycles. The maximum atomic E-state index is 11.7. The molecule has 0 atom stereocenters. The molecule has 86 valence electrons. The molecule has 0 spiro atoms. The second kappa shape index (κ2) is 5.17. The zero-order valence-corrected chi connectivity index (χ0v) is 10.4. The van der Waals surface area contributed by atoms with Crippen LogP contribution in [0.15, 0.2) is 29.8 Å². The third-order valence-electron chi connectivity index (χ3n) is 2.37. The SMILES string of the molecule is CC(C(=O)C(C)C)=C(O)c1ccc(Cl)cc1. The van der Waals surface area contributed by atoms with Crippen molar-refractivity contribution in [3.63, 3.8) is 0 Å². The number of aliphatic hydroxyl groups is 1. The van der Waals surface area contributed by atoms with Crippen LogP contribution in [0.25, 0.3) is 5.76 Å². The Bertz CT molecular complexity index is 416. The lowest BCUT2D eigenvalue weighted by Gasteiger charge is -2.08. The van der Waals surface area contributed by atoms with Crippen LogP contribution in [0.5, 0.6) is 0 Å². The molecule has 0 aliphatic rings. The highest BCUT2D eigenvalue weighted by atomic mass is 35.5. The summed E-state index contributed by atoms with van der Waals surface area (Å²) in [5.74, 6) is -0.141. The first-order valence-electron chi connectivity index (χ1n) is 5.13. The lowest BCUT2D eigenvalue weighted by atomic mass is 9.99. The first-order valence-corrected chi connectivity index (χ1v) is 5.51. The van der Waals surface area contributed by atoms with Gasteiger partial charge in [-0.25, -0.2) is 0 Å². The summed E-state index contributed by atoms with van der Waals surface area (Å²) >= 11 is 5.74. The van der Waals surface area contributed by atoms with Crippen LogP contribution < -0.4 is 0 Å². The summed E-state index contributed by atoms with van der Waals surface area (Å²) < 4.78 is 0. The number of carbonyl (C=O) groups excluding carboxylic acids is 1. The third kappa shape index (κ3) is 2.86. The number of rotatable bonds is 3. The van der Waals surface area contributed by atoms with Crippen molar-refractivity contribution >= 4 is 23.1 Å². The molecule has 1 aromatic carbocycles. The van der Waals surface area contributed by atoms with E-state index in [1.165, 1.54) is 0 Å². The van der Waals surface area contributed by atoms with Crippen LogP contribution in [0.3, 0.4) is 0 Å². The number of halogens is 1. The molecule has 1 N–H and O–H groups in total. The number of benzene rings is 1. The molecule has 16 heavy (non-hydrogen) atoms. The molecule has 0 heterocycles. The normalized spacial score (nSPS) is 12.6. The minimum Gasteiger partial charge on any atom is -0.507 e. The molecule has 3 heteroatoms. The first-order chi connectivity index (χ1) is 7.43. The molecule has 0 aliphatic carbocycles. The van der Waals surface area contributed by atoms with Gasteiger partial charge in [0.1, 0.15) is 5.76 Å².